The quantitative estimate of drug-likeness (QED) is 0.563. The number of aromatic nitrogens is 1. The van der Waals surface area contributed by atoms with E-state index in [0.717, 1.165) is 12.0 Å². The molecule has 0 aliphatic carbocycles. The number of amidine groups is 1. The number of hydrogen-bond acceptors (Lipinski definition) is 7. The van der Waals surface area contributed by atoms with Crippen molar-refractivity contribution in [3.63, 3.8) is 0 Å². The number of carbonyl (C=O) groups is 1. The highest BCUT2D eigenvalue weighted by Crippen LogP contribution is 2.33. The summed E-state index contributed by atoms with van der Waals surface area (Å²) in [5, 5.41) is 2.94. The first-order valence-electron chi connectivity index (χ1n) is 11.2. The topological polar surface area (TPSA) is 110 Å². The van der Waals surface area contributed by atoms with E-state index in [4.69, 9.17) is 9.47 Å². The van der Waals surface area contributed by atoms with Crippen LogP contribution in [0.1, 0.15) is 24.0 Å². The molecule has 1 aromatic heterocycles. The second-order valence-electron chi connectivity index (χ2n) is 8.24. The Kier molecular flexibility index (Phi) is 6.12. The van der Waals surface area contributed by atoms with Gasteiger partial charge in [-0.3, -0.25) is 9.78 Å². The number of pyridine rings is 1. The van der Waals surface area contributed by atoms with Crippen LogP contribution in [0.2, 0.25) is 0 Å². The van der Waals surface area contributed by atoms with E-state index in [1.807, 2.05) is 12.1 Å². The molecule has 1 amide bonds. The van der Waals surface area contributed by atoms with E-state index in [9.17, 15) is 13.2 Å². The third-order valence-corrected chi connectivity index (χ3v) is 7.34. The summed E-state index contributed by atoms with van der Waals surface area (Å²) in [7, 11) is -2.21. The molecule has 0 saturated carbocycles. The van der Waals surface area contributed by atoms with Gasteiger partial charge in [0.15, 0.2) is 17.3 Å². The number of amides is 1. The van der Waals surface area contributed by atoms with Crippen molar-refractivity contribution in [3.8, 4) is 11.5 Å². The van der Waals surface area contributed by atoms with Gasteiger partial charge < -0.3 is 19.7 Å². The molecule has 0 spiro atoms. The summed E-state index contributed by atoms with van der Waals surface area (Å²) >= 11 is 0. The highest BCUT2D eigenvalue weighted by molar-refractivity contribution is 7.90. The SMILES string of the molecule is COc1ccc(NC(=O)[C@@H]2CCCN2C2=NS(=O)(=O)c3ccccc32)cc1OCc1ccncc1. The van der Waals surface area contributed by atoms with Gasteiger partial charge in [0.05, 0.1) is 7.11 Å². The number of carbonyl (C=O) groups excluding carboxylic acids is 1. The minimum absolute atomic E-state index is 0.173. The molecule has 1 saturated heterocycles. The number of fused-ring (bicyclic) bond motifs is 1. The standard InChI is InChI=1S/C25H24N4O5S/c1-33-21-9-8-18(15-22(21)34-16-17-10-12-26-13-11-17)27-25(30)20-6-4-14-29(20)24-19-5-2-3-7-23(19)35(31,32)28-24/h2-3,5,7-13,15,20H,4,6,14,16H2,1H3,(H,27,30)/t20-/m0/s1. The first-order valence-corrected chi connectivity index (χ1v) is 12.6. The van der Waals surface area contributed by atoms with Gasteiger partial charge in [0, 0.05) is 36.3 Å². The lowest BCUT2D eigenvalue weighted by atomic mass is 10.1. The Morgan fingerprint density at radius 1 is 1.11 bits per heavy atom. The van der Waals surface area contributed by atoms with E-state index in [1.54, 1.807) is 60.8 Å². The molecular formula is C25H24N4O5S. The fourth-order valence-electron chi connectivity index (χ4n) is 4.32. The van der Waals surface area contributed by atoms with Crippen LogP contribution in [0.4, 0.5) is 5.69 Å². The van der Waals surface area contributed by atoms with Crippen molar-refractivity contribution in [2.45, 2.75) is 30.4 Å². The molecular weight excluding hydrogens is 468 g/mol. The zero-order valence-electron chi connectivity index (χ0n) is 19.0. The number of anilines is 1. The molecule has 3 aromatic rings. The predicted molar refractivity (Wildman–Crippen MR) is 130 cm³/mol. The second-order valence-corrected chi connectivity index (χ2v) is 9.81. The third kappa shape index (κ3) is 4.57. The lowest BCUT2D eigenvalue weighted by Gasteiger charge is -2.25. The molecule has 1 N–H and O–H groups in total. The molecule has 1 fully saturated rings. The molecule has 0 radical (unpaired) electrons. The number of ether oxygens (including phenoxy) is 2. The minimum Gasteiger partial charge on any atom is -0.493 e. The van der Waals surface area contributed by atoms with Gasteiger partial charge in [-0.1, -0.05) is 12.1 Å². The monoisotopic (exact) mass is 492 g/mol. The van der Waals surface area contributed by atoms with Gasteiger partial charge in [0.25, 0.3) is 10.0 Å². The average Bonchev–Trinajstić information content (AvgIpc) is 3.46. The summed E-state index contributed by atoms with van der Waals surface area (Å²) in [5.74, 6) is 1.12. The number of hydrogen-bond donors (Lipinski definition) is 1. The van der Waals surface area contributed by atoms with Crippen LogP contribution < -0.4 is 14.8 Å². The first-order chi connectivity index (χ1) is 17.0. The zero-order chi connectivity index (χ0) is 24.4. The van der Waals surface area contributed by atoms with Gasteiger partial charge in [-0.25, -0.2) is 0 Å². The van der Waals surface area contributed by atoms with E-state index in [2.05, 4.69) is 14.7 Å². The Morgan fingerprint density at radius 3 is 2.71 bits per heavy atom. The maximum absolute atomic E-state index is 13.3. The summed E-state index contributed by atoms with van der Waals surface area (Å²) in [6.07, 6.45) is 4.73. The van der Waals surface area contributed by atoms with Crippen molar-refractivity contribution in [1.82, 2.24) is 9.88 Å². The Balaban J connectivity index is 1.34. The van der Waals surface area contributed by atoms with Crippen LogP contribution in [-0.2, 0) is 21.4 Å². The number of nitrogens with one attached hydrogen (secondary N) is 1. The van der Waals surface area contributed by atoms with Crippen LogP contribution >= 0.6 is 0 Å². The number of likely N-dealkylation sites (tertiary alicyclic amines) is 1. The first kappa shape index (κ1) is 22.9. The van der Waals surface area contributed by atoms with Crippen molar-refractivity contribution in [3.05, 3.63) is 78.1 Å². The van der Waals surface area contributed by atoms with Crippen molar-refractivity contribution >= 4 is 27.5 Å². The van der Waals surface area contributed by atoms with Gasteiger partial charge in [-0.05, 0) is 54.8 Å². The fourth-order valence-corrected chi connectivity index (χ4v) is 5.54. The zero-order valence-corrected chi connectivity index (χ0v) is 19.9. The summed E-state index contributed by atoms with van der Waals surface area (Å²) < 4.78 is 40.3. The molecule has 0 unspecified atom stereocenters. The van der Waals surface area contributed by atoms with E-state index < -0.39 is 16.1 Å². The summed E-state index contributed by atoms with van der Waals surface area (Å²) in [6.45, 7) is 0.865. The molecule has 180 valence electrons. The highest BCUT2D eigenvalue weighted by atomic mass is 32.2. The van der Waals surface area contributed by atoms with E-state index in [-0.39, 0.29) is 10.8 Å². The Hall–Kier alpha value is -3.92. The lowest BCUT2D eigenvalue weighted by Crippen LogP contribution is -2.43. The molecule has 2 aromatic carbocycles. The van der Waals surface area contributed by atoms with Gasteiger partial charge in [0.2, 0.25) is 5.91 Å². The maximum atomic E-state index is 13.3. The number of benzene rings is 2. The van der Waals surface area contributed by atoms with Gasteiger partial charge in [-0.2, -0.15) is 8.42 Å². The number of rotatable bonds is 6. The second kappa shape index (κ2) is 9.38. The van der Waals surface area contributed by atoms with Gasteiger partial charge in [0.1, 0.15) is 17.5 Å². The minimum atomic E-state index is -3.76. The van der Waals surface area contributed by atoms with Crippen molar-refractivity contribution in [2.75, 3.05) is 19.0 Å². The van der Waals surface area contributed by atoms with Crippen molar-refractivity contribution in [2.24, 2.45) is 4.40 Å². The molecule has 10 heteroatoms. The number of methoxy groups -OCH3 is 1. The molecule has 0 bridgehead atoms. The third-order valence-electron chi connectivity index (χ3n) is 6.01. The summed E-state index contributed by atoms with van der Waals surface area (Å²) in [5.41, 5.74) is 2.03. The Labute approximate surface area is 203 Å². The van der Waals surface area contributed by atoms with Crippen LogP contribution in [0.15, 0.2) is 76.3 Å². The smallest absolute Gasteiger partial charge is 0.285 e. The molecule has 5 rings (SSSR count). The van der Waals surface area contributed by atoms with Crippen LogP contribution in [0.5, 0.6) is 11.5 Å². The molecule has 2 aliphatic heterocycles. The van der Waals surface area contributed by atoms with Crippen molar-refractivity contribution < 1.29 is 22.7 Å². The Morgan fingerprint density at radius 2 is 1.91 bits per heavy atom. The molecule has 9 nitrogen and oxygen atoms in total. The van der Waals surface area contributed by atoms with Gasteiger partial charge >= 0.3 is 0 Å². The fraction of sp³-hybridized carbons (Fsp3) is 0.240. The van der Waals surface area contributed by atoms with Crippen LogP contribution in [0, 0.1) is 0 Å². The highest BCUT2D eigenvalue weighted by Gasteiger charge is 2.39. The van der Waals surface area contributed by atoms with Crippen LogP contribution in [-0.4, -0.2) is 49.7 Å². The van der Waals surface area contributed by atoms with Crippen LogP contribution in [0.3, 0.4) is 0 Å². The van der Waals surface area contributed by atoms with E-state index >= 15 is 0 Å². The average molecular weight is 493 g/mol. The molecule has 35 heavy (non-hydrogen) atoms. The Bertz CT molecular complexity index is 1390. The summed E-state index contributed by atoms with van der Waals surface area (Å²) in [4.78, 5) is 19.2. The molecule has 1 atom stereocenters. The summed E-state index contributed by atoms with van der Waals surface area (Å²) in [6, 6.07) is 15.1. The maximum Gasteiger partial charge on any atom is 0.285 e. The normalized spacial score (nSPS) is 18.0. The molecule has 2 aliphatic rings. The van der Waals surface area contributed by atoms with E-state index in [1.165, 1.54) is 6.07 Å². The van der Waals surface area contributed by atoms with Crippen molar-refractivity contribution in [1.29, 1.82) is 0 Å². The lowest BCUT2D eigenvalue weighted by molar-refractivity contribution is -0.119. The van der Waals surface area contributed by atoms with E-state index in [0.29, 0.717) is 48.2 Å². The predicted octanol–water partition coefficient (Wildman–Crippen LogP) is 3.22. The number of nitrogens with zero attached hydrogens (tertiary/aromatic N) is 3. The molecule has 3 heterocycles. The van der Waals surface area contributed by atoms with Crippen LogP contribution in [0.25, 0.3) is 0 Å². The number of sulfonamides is 1. The van der Waals surface area contributed by atoms with Gasteiger partial charge in [-0.15, -0.1) is 4.40 Å². The largest absolute Gasteiger partial charge is 0.493 e.